The topological polar surface area (TPSA) is 39.7 Å². The number of benzene rings is 2. The molecule has 0 aliphatic carbocycles. The number of hydrogen-bond donors (Lipinski definition) is 2. The second-order valence-corrected chi connectivity index (χ2v) is 6.53. The van der Waals surface area contributed by atoms with Crippen molar-refractivity contribution in [2.45, 2.75) is 25.8 Å². The molecule has 0 spiro atoms. The van der Waals surface area contributed by atoms with Crippen molar-refractivity contribution in [1.82, 2.24) is 15.5 Å². The molecule has 4 nitrogen and oxygen atoms in total. The zero-order valence-electron chi connectivity index (χ0n) is 15.8. The van der Waals surface area contributed by atoms with E-state index in [4.69, 9.17) is 0 Å². The molecule has 7 heteroatoms. The molecule has 0 aliphatic rings. The first kappa shape index (κ1) is 20.8. The first-order chi connectivity index (χ1) is 12.8. The SMILES string of the molecule is CN=C(NCc1ccc(CN(C)C)cc1)NCc1cccc(C(F)(F)F)c1. The smallest absolute Gasteiger partial charge is 0.352 e. The van der Waals surface area contributed by atoms with Gasteiger partial charge in [0.05, 0.1) is 5.56 Å². The summed E-state index contributed by atoms with van der Waals surface area (Å²) >= 11 is 0. The van der Waals surface area contributed by atoms with Crippen molar-refractivity contribution < 1.29 is 13.2 Å². The van der Waals surface area contributed by atoms with E-state index in [1.807, 2.05) is 26.2 Å². The summed E-state index contributed by atoms with van der Waals surface area (Å²) < 4.78 is 38.3. The molecule has 0 radical (unpaired) electrons. The molecule has 146 valence electrons. The average molecular weight is 378 g/mol. The highest BCUT2D eigenvalue weighted by molar-refractivity contribution is 5.79. The van der Waals surface area contributed by atoms with Gasteiger partial charge in [0.15, 0.2) is 5.96 Å². The Morgan fingerprint density at radius 3 is 2.07 bits per heavy atom. The van der Waals surface area contributed by atoms with Crippen LogP contribution in [-0.4, -0.2) is 32.0 Å². The Hall–Kier alpha value is -2.54. The minimum Gasteiger partial charge on any atom is -0.352 e. The van der Waals surface area contributed by atoms with Gasteiger partial charge in [-0.1, -0.05) is 36.4 Å². The molecule has 0 heterocycles. The van der Waals surface area contributed by atoms with Crippen molar-refractivity contribution in [3.05, 3.63) is 70.8 Å². The molecule has 0 unspecified atom stereocenters. The maximum Gasteiger partial charge on any atom is 0.416 e. The van der Waals surface area contributed by atoms with Crippen LogP contribution in [-0.2, 0) is 25.8 Å². The predicted molar refractivity (Wildman–Crippen MR) is 102 cm³/mol. The van der Waals surface area contributed by atoms with Crippen molar-refractivity contribution in [2.24, 2.45) is 4.99 Å². The molecule has 27 heavy (non-hydrogen) atoms. The van der Waals surface area contributed by atoms with Crippen LogP contribution in [0.4, 0.5) is 13.2 Å². The summed E-state index contributed by atoms with van der Waals surface area (Å²) in [6.45, 7) is 1.71. The molecule has 0 atom stereocenters. The first-order valence-electron chi connectivity index (χ1n) is 8.61. The molecular formula is C20H25F3N4. The third kappa shape index (κ3) is 6.94. The highest BCUT2D eigenvalue weighted by Crippen LogP contribution is 2.29. The molecule has 0 amide bonds. The molecule has 0 bridgehead atoms. The monoisotopic (exact) mass is 378 g/mol. The molecule has 2 rings (SSSR count). The van der Waals surface area contributed by atoms with Crippen molar-refractivity contribution in [3.8, 4) is 0 Å². The lowest BCUT2D eigenvalue weighted by atomic mass is 10.1. The van der Waals surface area contributed by atoms with Gasteiger partial charge in [-0.15, -0.1) is 0 Å². The van der Waals surface area contributed by atoms with Crippen LogP contribution in [0.1, 0.15) is 22.3 Å². The van der Waals surface area contributed by atoms with E-state index in [-0.39, 0.29) is 6.54 Å². The maximum atomic E-state index is 12.8. The highest BCUT2D eigenvalue weighted by Gasteiger charge is 2.30. The Balaban J connectivity index is 1.87. The number of rotatable bonds is 6. The number of guanidine groups is 1. The summed E-state index contributed by atoms with van der Waals surface area (Å²) in [7, 11) is 5.67. The molecule has 0 saturated carbocycles. The van der Waals surface area contributed by atoms with Crippen LogP contribution >= 0.6 is 0 Å². The Kier molecular flexibility index (Phi) is 7.24. The average Bonchev–Trinajstić information content (AvgIpc) is 2.62. The summed E-state index contributed by atoms with van der Waals surface area (Å²) in [6.07, 6.45) is -4.34. The Labute approximate surface area is 158 Å². The van der Waals surface area contributed by atoms with Gasteiger partial charge in [-0.25, -0.2) is 0 Å². The van der Waals surface area contributed by atoms with E-state index in [1.165, 1.54) is 11.6 Å². The molecule has 0 fully saturated rings. The molecule has 2 aromatic carbocycles. The summed E-state index contributed by atoms with van der Waals surface area (Å²) in [5.74, 6) is 0.532. The van der Waals surface area contributed by atoms with Crippen LogP contribution in [0, 0.1) is 0 Å². The van der Waals surface area contributed by atoms with Gasteiger partial charge in [-0.05, 0) is 42.9 Å². The van der Waals surface area contributed by atoms with Crippen LogP contribution in [0.25, 0.3) is 0 Å². The van der Waals surface area contributed by atoms with E-state index in [9.17, 15) is 13.2 Å². The van der Waals surface area contributed by atoms with E-state index in [0.717, 1.165) is 24.2 Å². The minimum atomic E-state index is -4.34. The van der Waals surface area contributed by atoms with Gasteiger partial charge in [0.1, 0.15) is 0 Å². The summed E-state index contributed by atoms with van der Waals surface area (Å²) in [6, 6.07) is 13.5. The van der Waals surface area contributed by atoms with Crippen molar-refractivity contribution in [3.63, 3.8) is 0 Å². The van der Waals surface area contributed by atoms with Crippen molar-refractivity contribution >= 4 is 5.96 Å². The Morgan fingerprint density at radius 1 is 0.926 bits per heavy atom. The fourth-order valence-electron chi connectivity index (χ4n) is 2.58. The van der Waals surface area contributed by atoms with E-state index in [0.29, 0.717) is 18.1 Å². The third-order valence-corrected chi connectivity index (χ3v) is 3.92. The van der Waals surface area contributed by atoms with Gasteiger partial charge in [-0.3, -0.25) is 4.99 Å². The van der Waals surface area contributed by atoms with Crippen LogP contribution in [0.5, 0.6) is 0 Å². The van der Waals surface area contributed by atoms with Gasteiger partial charge in [0.2, 0.25) is 0 Å². The lowest BCUT2D eigenvalue weighted by Gasteiger charge is -2.14. The predicted octanol–water partition coefficient (Wildman–Crippen LogP) is 3.63. The molecular weight excluding hydrogens is 353 g/mol. The lowest BCUT2D eigenvalue weighted by Crippen LogP contribution is -2.36. The van der Waals surface area contributed by atoms with Gasteiger partial charge in [-0.2, -0.15) is 13.2 Å². The molecule has 0 aromatic heterocycles. The van der Waals surface area contributed by atoms with Crippen LogP contribution in [0.3, 0.4) is 0 Å². The second-order valence-electron chi connectivity index (χ2n) is 6.53. The fourth-order valence-corrected chi connectivity index (χ4v) is 2.58. The van der Waals surface area contributed by atoms with Crippen molar-refractivity contribution in [2.75, 3.05) is 21.1 Å². The third-order valence-electron chi connectivity index (χ3n) is 3.92. The quantitative estimate of drug-likeness (QED) is 0.596. The van der Waals surface area contributed by atoms with Crippen LogP contribution in [0.2, 0.25) is 0 Å². The Morgan fingerprint density at radius 2 is 1.52 bits per heavy atom. The first-order valence-corrected chi connectivity index (χ1v) is 8.61. The van der Waals surface area contributed by atoms with Gasteiger partial charge >= 0.3 is 6.18 Å². The summed E-state index contributed by atoms with van der Waals surface area (Å²) in [4.78, 5) is 6.22. The second kappa shape index (κ2) is 9.41. The molecule has 0 aliphatic heterocycles. The number of hydrogen-bond acceptors (Lipinski definition) is 2. The number of nitrogens with zero attached hydrogens (tertiary/aromatic N) is 2. The molecule has 0 saturated heterocycles. The van der Waals surface area contributed by atoms with E-state index >= 15 is 0 Å². The number of alkyl halides is 3. The normalized spacial score (nSPS) is 12.3. The number of nitrogens with one attached hydrogen (secondary N) is 2. The largest absolute Gasteiger partial charge is 0.416 e. The highest BCUT2D eigenvalue weighted by atomic mass is 19.4. The van der Waals surface area contributed by atoms with Gasteiger partial charge in [0, 0.05) is 26.7 Å². The van der Waals surface area contributed by atoms with Crippen LogP contribution in [0.15, 0.2) is 53.5 Å². The summed E-state index contributed by atoms with van der Waals surface area (Å²) in [5.41, 5.74) is 2.22. The molecule has 2 aromatic rings. The number of aliphatic imine (C=N–C) groups is 1. The standard InChI is InChI=1S/C20H25F3N4/c1-24-19(25-12-15-7-9-16(10-8-15)14-27(2)3)26-13-17-5-4-6-18(11-17)20(21,22)23/h4-11H,12-14H2,1-3H3,(H2,24,25,26). The Bertz CT molecular complexity index is 753. The van der Waals surface area contributed by atoms with Gasteiger partial charge < -0.3 is 15.5 Å². The fraction of sp³-hybridized carbons (Fsp3) is 0.350. The van der Waals surface area contributed by atoms with Crippen LogP contribution < -0.4 is 10.6 Å². The van der Waals surface area contributed by atoms with Crippen molar-refractivity contribution in [1.29, 1.82) is 0 Å². The van der Waals surface area contributed by atoms with E-state index in [1.54, 1.807) is 13.1 Å². The zero-order chi connectivity index (χ0) is 19.9. The summed E-state index contributed by atoms with van der Waals surface area (Å²) in [5, 5.41) is 6.20. The zero-order valence-corrected chi connectivity index (χ0v) is 15.8. The van der Waals surface area contributed by atoms with E-state index in [2.05, 4.69) is 32.7 Å². The maximum absolute atomic E-state index is 12.8. The van der Waals surface area contributed by atoms with E-state index < -0.39 is 11.7 Å². The number of halogens is 3. The lowest BCUT2D eigenvalue weighted by molar-refractivity contribution is -0.137. The molecule has 2 N–H and O–H groups in total. The van der Waals surface area contributed by atoms with Gasteiger partial charge in [0.25, 0.3) is 0 Å². The minimum absolute atomic E-state index is 0.255.